The lowest BCUT2D eigenvalue weighted by atomic mass is 9.93. The van der Waals surface area contributed by atoms with E-state index in [1.165, 1.54) is 13.8 Å². The molecule has 1 aliphatic carbocycles. The maximum Gasteiger partial charge on any atom is 0.223 e. The molecule has 0 aromatic carbocycles. The van der Waals surface area contributed by atoms with Crippen LogP contribution in [0, 0.1) is 5.92 Å². The molecule has 1 saturated carbocycles. The molecule has 2 unspecified atom stereocenters. The highest BCUT2D eigenvalue weighted by Gasteiger charge is 2.25. The zero-order valence-corrected chi connectivity index (χ0v) is 17.1. The zero-order valence-electron chi connectivity index (χ0n) is 17.1. The molecular formula is C20H33N3O5. The number of ketones is 2. The summed E-state index contributed by atoms with van der Waals surface area (Å²) in [5.74, 6) is -1.41. The van der Waals surface area contributed by atoms with Crippen LogP contribution in [0.1, 0.15) is 72.1 Å². The fraction of sp³-hybridized carbons (Fsp3) is 0.750. The Hall–Kier alpha value is -2.25. The topological polar surface area (TPSA) is 121 Å². The number of carbonyl (C=O) groups is 5. The maximum absolute atomic E-state index is 12.5. The van der Waals surface area contributed by atoms with Crippen LogP contribution in [0.25, 0.3) is 0 Å². The van der Waals surface area contributed by atoms with Gasteiger partial charge in [-0.3, -0.25) is 24.0 Å². The van der Waals surface area contributed by atoms with Gasteiger partial charge >= 0.3 is 0 Å². The Kier molecular flexibility index (Phi) is 10.4. The van der Waals surface area contributed by atoms with Crippen molar-refractivity contribution in [3.8, 4) is 0 Å². The fourth-order valence-electron chi connectivity index (χ4n) is 2.93. The third-order valence-electron chi connectivity index (χ3n) is 5.06. The molecule has 0 aliphatic heterocycles. The van der Waals surface area contributed by atoms with Crippen LogP contribution in [-0.4, -0.2) is 47.9 Å². The fourth-order valence-corrected chi connectivity index (χ4v) is 2.93. The molecular weight excluding hydrogens is 362 g/mol. The Morgan fingerprint density at radius 1 is 0.964 bits per heavy atom. The number of hydrogen-bond acceptors (Lipinski definition) is 5. The number of nitrogens with one attached hydrogen (secondary N) is 3. The average Bonchev–Trinajstić information content (AvgIpc) is 2.60. The predicted molar refractivity (Wildman–Crippen MR) is 104 cm³/mol. The van der Waals surface area contributed by atoms with Gasteiger partial charge in [0.05, 0.1) is 12.6 Å². The van der Waals surface area contributed by atoms with Crippen molar-refractivity contribution >= 4 is 29.3 Å². The second-order valence-electron chi connectivity index (χ2n) is 7.53. The summed E-state index contributed by atoms with van der Waals surface area (Å²) in [6.07, 6.45) is 4.56. The Balaban J connectivity index is 2.43. The van der Waals surface area contributed by atoms with Crippen molar-refractivity contribution in [2.75, 3.05) is 6.54 Å². The van der Waals surface area contributed by atoms with Crippen molar-refractivity contribution < 1.29 is 24.0 Å². The Labute approximate surface area is 166 Å². The van der Waals surface area contributed by atoms with Gasteiger partial charge in [-0.15, -0.1) is 0 Å². The molecule has 1 rings (SSSR count). The minimum atomic E-state index is -0.708. The highest BCUT2D eigenvalue weighted by Crippen LogP contribution is 2.18. The number of hydrogen-bond donors (Lipinski definition) is 3. The summed E-state index contributed by atoms with van der Waals surface area (Å²) in [7, 11) is 0. The molecule has 0 bridgehead atoms. The van der Waals surface area contributed by atoms with Crippen molar-refractivity contribution in [2.24, 2.45) is 5.92 Å². The maximum atomic E-state index is 12.5. The number of Topliss-reactive ketones (excluding diaryl/α,β-unsaturated/α-hetero) is 2. The lowest BCUT2D eigenvalue weighted by molar-refractivity contribution is -0.131. The van der Waals surface area contributed by atoms with Crippen molar-refractivity contribution in [3.05, 3.63) is 0 Å². The molecule has 3 N–H and O–H groups in total. The van der Waals surface area contributed by atoms with Crippen molar-refractivity contribution in [1.29, 1.82) is 0 Å². The molecule has 158 valence electrons. The first-order valence-electron chi connectivity index (χ1n) is 10.1. The summed E-state index contributed by atoms with van der Waals surface area (Å²) in [5.41, 5.74) is 0. The molecule has 2 atom stereocenters. The monoisotopic (exact) mass is 395 g/mol. The highest BCUT2D eigenvalue weighted by atomic mass is 16.2. The van der Waals surface area contributed by atoms with Crippen LogP contribution in [0.2, 0.25) is 0 Å². The summed E-state index contributed by atoms with van der Waals surface area (Å²) in [5, 5.41) is 8.14. The molecule has 0 spiro atoms. The zero-order chi connectivity index (χ0) is 21.1. The first kappa shape index (κ1) is 23.8. The van der Waals surface area contributed by atoms with Gasteiger partial charge in [0.25, 0.3) is 0 Å². The van der Waals surface area contributed by atoms with Crippen molar-refractivity contribution in [3.63, 3.8) is 0 Å². The predicted octanol–water partition coefficient (Wildman–Crippen LogP) is 1.02. The van der Waals surface area contributed by atoms with Gasteiger partial charge < -0.3 is 16.0 Å². The molecule has 0 radical (unpaired) electrons. The molecule has 1 aliphatic rings. The summed E-state index contributed by atoms with van der Waals surface area (Å²) in [4.78, 5) is 58.9. The van der Waals surface area contributed by atoms with E-state index in [-0.39, 0.29) is 61.1 Å². The molecule has 28 heavy (non-hydrogen) atoms. The molecule has 0 aromatic rings. The van der Waals surface area contributed by atoms with Gasteiger partial charge in [-0.25, -0.2) is 0 Å². The SMILES string of the molecule is CCC(CCC(=O)NCC(C)=O)C(=O)NC(CCC(=O)NC1CCC1)C(C)=O. The van der Waals surface area contributed by atoms with E-state index in [9.17, 15) is 24.0 Å². The minimum Gasteiger partial charge on any atom is -0.353 e. The van der Waals surface area contributed by atoms with Crippen LogP contribution in [-0.2, 0) is 24.0 Å². The Morgan fingerprint density at radius 2 is 1.61 bits per heavy atom. The van der Waals surface area contributed by atoms with Gasteiger partial charge in [0, 0.05) is 24.8 Å². The smallest absolute Gasteiger partial charge is 0.223 e. The second-order valence-corrected chi connectivity index (χ2v) is 7.53. The normalized spacial score (nSPS) is 15.7. The lowest BCUT2D eigenvalue weighted by Gasteiger charge is -2.26. The van der Waals surface area contributed by atoms with Crippen LogP contribution in [0.4, 0.5) is 0 Å². The lowest BCUT2D eigenvalue weighted by Crippen LogP contribution is -2.44. The number of amides is 3. The molecule has 0 aromatic heterocycles. The third kappa shape index (κ3) is 9.10. The van der Waals surface area contributed by atoms with E-state index in [2.05, 4.69) is 16.0 Å². The quantitative estimate of drug-likeness (QED) is 0.430. The van der Waals surface area contributed by atoms with Crippen LogP contribution in [0.15, 0.2) is 0 Å². The van der Waals surface area contributed by atoms with E-state index in [1.54, 1.807) is 0 Å². The second kappa shape index (κ2) is 12.3. The van der Waals surface area contributed by atoms with Gasteiger partial charge in [-0.05, 0) is 52.4 Å². The molecule has 3 amide bonds. The van der Waals surface area contributed by atoms with E-state index in [0.717, 1.165) is 19.3 Å². The number of carbonyl (C=O) groups excluding carboxylic acids is 5. The summed E-state index contributed by atoms with van der Waals surface area (Å²) in [6, 6.07) is -0.461. The van der Waals surface area contributed by atoms with Crippen LogP contribution in [0.3, 0.4) is 0 Å². The molecule has 0 heterocycles. The Morgan fingerprint density at radius 3 is 2.11 bits per heavy atom. The Bertz CT molecular complexity index is 586. The first-order valence-corrected chi connectivity index (χ1v) is 10.1. The summed E-state index contributed by atoms with van der Waals surface area (Å²) >= 11 is 0. The van der Waals surface area contributed by atoms with Crippen molar-refractivity contribution in [2.45, 2.75) is 84.2 Å². The number of rotatable bonds is 13. The van der Waals surface area contributed by atoms with Gasteiger partial charge in [0.15, 0.2) is 5.78 Å². The average molecular weight is 396 g/mol. The standard InChI is InChI=1S/C20H33N3O5/c1-4-15(8-10-18(26)21-12-13(2)24)20(28)23-17(14(3)25)9-11-19(27)22-16-6-5-7-16/h15-17H,4-12H2,1-3H3,(H,21,26)(H,22,27)(H,23,28). The van der Waals surface area contributed by atoms with Gasteiger partial charge in [0.1, 0.15) is 5.78 Å². The van der Waals surface area contributed by atoms with E-state index in [0.29, 0.717) is 12.8 Å². The first-order chi connectivity index (χ1) is 13.2. The van der Waals surface area contributed by atoms with E-state index >= 15 is 0 Å². The van der Waals surface area contributed by atoms with Crippen LogP contribution in [0.5, 0.6) is 0 Å². The highest BCUT2D eigenvalue weighted by molar-refractivity contribution is 5.89. The molecule has 0 saturated heterocycles. The van der Waals surface area contributed by atoms with Crippen LogP contribution >= 0.6 is 0 Å². The van der Waals surface area contributed by atoms with Gasteiger partial charge in [-0.1, -0.05) is 6.92 Å². The molecule has 8 nitrogen and oxygen atoms in total. The largest absolute Gasteiger partial charge is 0.353 e. The van der Waals surface area contributed by atoms with Crippen LogP contribution < -0.4 is 16.0 Å². The molecule has 8 heteroatoms. The van der Waals surface area contributed by atoms with Gasteiger partial charge in [-0.2, -0.15) is 0 Å². The van der Waals surface area contributed by atoms with E-state index < -0.39 is 12.0 Å². The minimum absolute atomic E-state index is 0.0167. The van der Waals surface area contributed by atoms with Gasteiger partial charge in [0.2, 0.25) is 17.7 Å². The van der Waals surface area contributed by atoms with Crippen molar-refractivity contribution in [1.82, 2.24) is 16.0 Å². The van der Waals surface area contributed by atoms with E-state index in [1.807, 2.05) is 6.92 Å². The summed E-state index contributed by atoms with van der Waals surface area (Å²) < 4.78 is 0. The van der Waals surface area contributed by atoms with E-state index in [4.69, 9.17) is 0 Å². The summed E-state index contributed by atoms with van der Waals surface area (Å²) in [6.45, 7) is 4.60. The molecule has 1 fully saturated rings. The third-order valence-corrected chi connectivity index (χ3v) is 5.06.